The molecule has 3 heterocycles. The smallest absolute Gasteiger partial charge is 0.374 e. The van der Waals surface area contributed by atoms with Gasteiger partial charge < -0.3 is 15.0 Å². The van der Waals surface area contributed by atoms with E-state index in [-0.39, 0.29) is 37.6 Å². The lowest BCUT2D eigenvalue weighted by atomic mass is 10.0. The molecule has 1 aromatic heterocycles. The van der Waals surface area contributed by atoms with E-state index in [2.05, 4.69) is 10.3 Å². The van der Waals surface area contributed by atoms with Crippen LogP contribution in [0, 0.1) is 0 Å². The van der Waals surface area contributed by atoms with Gasteiger partial charge in [0.1, 0.15) is 5.82 Å². The summed E-state index contributed by atoms with van der Waals surface area (Å²) in [6.45, 7) is 0.189. The van der Waals surface area contributed by atoms with Crippen molar-refractivity contribution in [1.29, 1.82) is 0 Å². The first kappa shape index (κ1) is 18.4. The first-order chi connectivity index (χ1) is 12.3. The summed E-state index contributed by atoms with van der Waals surface area (Å²) in [5.41, 5.74) is 1.66. The number of aryl methyl sites for hydroxylation is 1. The third-order valence-electron chi connectivity index (χ3n) is 4.18. The molecule has 2 amide bonds. The van der Waals surface area contributed by atoms with Crippen LogP contribution in [0.3, 0.4) is 0 Å². The lowest BCUT2D eigenvalue weighted by Crippen LogP contribution is -2.54. The summed E-state index contributed by atoms with van der Waals surface area (Å²) in [7, 11) is 0. The van der Waals surface area contributed by atoms with Crippen LogP contribution in [-0.2, 0) is 20.7 Å². The fourth-order valence-electron chi connectivity index (χ4n) is 2.70. The molecular formula is C17H18F3N3O3. The quantitative estimate of drug-likeness (QED) is 0.808. The van der Waals surface area contributed by atoms with Crippen LogP contribution >= 0.6 is 0 Å². The molecule has 0 radical (unpaired) electrons. The number of rotatable bonds is 5. The molecule has 1 fully saturated rings. The highest BCUT2D eigenvalue weighted by molar-refractivity contribution is 5.94. The summed E-state index contributed by atoms with van der Waals surface area (Å²) < 4.78 is 41.2. The van der Waals surface area contributed by atoms with Crippen molar-refractivity contribution in [2.75, 3.05) is 25.0 Å². The number of pyridine rings is 1. The van der Waals surface area contributed by atoms with Crippen LogP contribution in [0.2, 0.25) is 0 Å². The number of nitrogens with one attached hydrogen (secondary N) is 1. The number of carbonyl (C=O) groups is 2. The standard InChI is InChI=1S/C17H18F3N3O3/c18-17(19,20)5-6-26-13-9-23(10-13)15(25)4-1-11-7-12-2-3-14(24)22-16(12)21-8-11/h1,4,7-8,13H,2-3,5-6,9-10H2,(H,21,22,24). The number of fused-ring (bicyclic) bond motifs is 1. The van der Waals surface area contributed by atoms with Crippen molar-refractivity contribution in [3.05, 3.63) is 29.5 Å². The van der Waals surface area contributed by atoms with E-state index < -0.39 is 12.6 Å². The van der Waals surface area contributed by atoms with Gasteiger partial charge in [0.25, 0.3) is 0 Å². The van der Waals surface area contributed by atoms with Gasteiger partial charge in [-0.05, 0) is 29.7 Å². The zero-order valence-corrected chi connectivity index (χ0v) is 13.9. The van der Waals surface area contributed by atoms with Crippen LogP contribution in [0.15, 0.2) is 18.3 Å². The molecule has 1 saturated heterocycles. The van der Waals surface area contributed by atoms with Gasteiger partial charge in [-0.2, -0.15) is 13.2 Å². The second-order valence-corrected chi connectivity index (χ2v) is 6.26. The van der Waals surface area contributed by atoms with Gasteiger partial charge in [0.05, 0.1) is 19.1 Å². The highest BCUT2D eigenvalue weighted by atomic mass is 19.4. The summed E-state index contributed by atoms with van der Waals surface area (Å²) in [4.78, 5) is 29.0. The highest BCUT2D eigenvalue weighted by Gasteiger charge is 2.32. The highest BCUT2D eigenvalue weighted by Crippen LogP contribution is 2.22. The Labute approximate surface area is 148 Å². The summed E-state index contributed by atoms with van der Waals surface area (Å²) in [6.07, 6.45) is 0.0471. The Bertz CT molecular complexity index is 728. The molecule has 1 aromatic rings. The molecular weight excluding hydrogens is 351 g/mol. The van der Waals surface area contributed by atoms with E-state index in [4.69, 9.17) is 4.74 Å². The van der Waals surface area contributed by atoms with Crippen molar-refractivity contribution in [3.8, 4) is 0 Å². The maximum atomic E-state index is 12.0. The van der Waals surface area contributed by atoms with E-state index in [9.17, 15) is 22.8 Å². The third-order valence-corrected chi connectivity index (χ3v) is 4.18. The molecule has 2 aliphatic rings. The summed E-state index contributed by atoms with van der Waals surface area (Å²) >= 11 is 0. The summed E-state index contributed by atoms with van der Waals surface area (Å²) in [5.74, 6) is 0.256. The third kappa shape index (κ3) is 4.81. The molecule has 0 saturated carbocycles. The fourth-order valence-corrected chi connectivity index (χ4v) is 2.70. The molecule has 6 nitrogen and oxygen atoms in total. The lowest BCUT2D eigenvalue weighted by Gasteiger charge is -2.38. The Balaban J connectivity index is 1.45. The normalized spacial score (nSPS) is 17.8. The summed E-state index contributed by atoms with van der Waals surface area (Å²) in [5, 5.41) is 2.69. The first-order valence-electron chi connectivity index (χ1n) is 8.24. The molecule has 0 aromatic carbocycles. The van der Waals surface area contributed by atoms with Crippen molar-refractivity contribution >= 4 is 23.7 Å². The Kier molecular flexibility index (Phi) is 5.26. The molecule has 1 N–H and O–H groups in total. The van der Waals surface area contributed by atoms with Crippen molar-refractivity contribution in [3.63, 3.8) is 0 Å². The molecule has 0 atom stereocenters. The predicted octanol–water partition coefficient (Wildman–Crippen LogP) is 2.16. The lowest BCUT2D eigenvalue weighted by molar-refractivity contribution is -0.161. The number of alkyl halides is 3. The number of halogens is 3. The number of anilines is 1. The molecule has 0 aliphatic carbocycles. The number of hydrogen-bond acceptors (Lipinski definition) is 4. The number of ether oxygens (including phenoxy) is 1. The predicted molar refractivity (Wildman–Crippen MR) is 87.2 cm³/mol. The molecule has 0 unspecified atom stereocenters. The van der Waals surface area contributed by atoms with E-state index in [1.54, 1.807) is 12.3 Å². The van der Waals surface area contributed by atoms with Crippen molar-refractivity contribution in [1.82, 2.24) is 9.88 Å². The average Bonchev–Trinajstić information content (AvgIpc) is 2.53. The molecule has 3 rings (SSSR count). The van der Waals surface area contributed by atoms with Crippen LogP contribution in [0.5, 0.6) is 0 Å². The molecule has 140 valence electrons. The van der Waals surface area contributed by atoms with Crippen molar-refractivity contribution in [2.45, 2.75) is 31.5 Å². The van der Waals surface area contributed by atoms with Gasteiger partial charge in [-0.1, -0.05) is 0 Å². The molecule has 2 aliphatic heterocycles. The number of aromatic nitrogens is 1. The minimum absolute atomic E-state index is 0.0618. The van der Waals surface area contributed by atoms with Crippen LogP contribution in [0.1, 0.15) is 24.0 Å². The zero-order valence-electron chi connectivity index (χ0n) is 13.9. The fraction of sp³-hybridized carbons (Fsp3) is 0.471. The van der Waals surface area contributed by atoms with Crippen LogP contribution in [0.25, 0.3) is 6.08 Å². The van der Waals surface area contributed by atoms with E-state index in [1.165, 1.54) is 11.0 Å². The van der Waals surface area contributed by atoms with Crippen LogP contribution in [-0.4, -0.2) is 53.7 Å². The first-order valence-corrected chi connectivity index (χ1v) is 8.24. The van der Waals surface area contributed by atoms with Gasteiger partial charge in [-0.15, -0.1) is 0 Å². The molecule has 9 heteroatoms. The average molecular weight is 369 g/mol. The number of carbonyl (C=O) groups excluding carboxylic acids is 2. The molecule has 0 spiro atoms. The van der Waals surface area contributed by atoms with Gasteiger partial charge in [0, 0.05) is 31.8 Å². The van der Waals surface area contributed by atoms with Gasteiger partial charge >= 0.3 is 6.18 Å². The zero-order chi connectivity index (χ0) is 18.7. The van der Waals surface area contributed by atoms with Crippen LogP contribution < -0.4 is 5.32 Å². The Morgan fingerprint density at radius 1 is 1.38 bits per heavy atom. The second kappa shape index (κ2) is 7.45. The monoisotopic (exact) mass is 369 g/mol. The topological polar surface area (TPSA) is 71.5 Å². The van der Waals surface area contributed by atoms with Gasteiger partial charge in [-0.3, -0.25) is 9.59 Å². The Morgan fingerprint density at radius 2 is 2.15 bits per heavy atom. The number of hydrogen-bond donors (Lipinski definition) is 1. The Hall–Kier alpha value is -2.42. The minimum atomic E-state index is -4.23. The van der Waals surface area contributed by atoms with Gasteiger partial charge in [0.15, 0.2) is 0 Å². The van der Waals surface area contributed by atoms with E-state index in [1.807, 2.05) is 6.07 Å². The SMILES string of the molecule is O=C1CCc2cc(C=CC(=O)N3CC(OCCC(F)(F)F)C3)cnc2N1. The van der Waals surface area contributed by atoms with E-state index >= 15 is 0 Å². The molecule has 26 heavy (non-hydrogen) atoms. The van der Waals surface area contributed by atoms with Crippen molar-refractivity contribution < 1.29 is 27.5 Å². The van der Waals surface area contributed by atoms with Crippen LogP contribution in [0.4, 0.5) is 19.0 Å². The van der Waals surface area contributed by atoms with Crippen molar-refractivity contribution in [2.24, 2.45) is 0 Å². The maximum absolute atomic E-state index is 12.0. The second-order valence-electron chi connectivity index (χ2n) is 6.26. The largest absolute Gasteiger partial charge is 0.391 e. The summed E-state index contributed by atoms with van der Waals surface area (Å²) in [6, 6.07) is 1.87. The minimum Gasteiger partial charge on any atom is -0.374 e. The van der Waals surface area contributed by atoms with Gasteiger partial charge in [-0.25, -0.2) is 4.98 Å². The molecule has 0 bridgehead atoms. The van der Waals surface area contributed by atoms with Gasteiger partial charge in [0.2, 0.25) is 11.8 Å². The number of amides is 2. The maximum Gasteiger partial charge on any atom is 0.391 e. The van der Waals surface area contributed by atoms with E-state index in [0.717, 1.165) is 11.1 Å². The number of nitrogens with zero attached hydrogens (tertiary/aromatic N) is 2. The number of likely N-dealkylation sites (tertiary alicyclic amines) is 1. The Morgan fingerprint density at radius 3 is 2.88 bits per heavy atom. The van der Waals surface area contributed by atoms with E-state index in [0.29, 0.717) is 18.7 Å².